The first kappa shape index (κ1) is 15.7. The summed E-state index contributed by atoms with van der Waals surface area (Å²) in [6, 6.07) is 1.90. The van der Waals surface area contributed by atoms with Crippen LogP contribution in [0.15, 0.2) is 16.7 Å². The normalized spacial score (nSPS) is 11.3. The van der Waals surface area contributed by atoms with Crippen LogP contribution in [0.2, 0.25) is 5.02 Å². The van der Waals surface area contributed by atoms with Crippen LogP contribution in [0, 0.1) is 5.92 Å². The highest BCUT2D eigenvalue weighted by Crippen LogP contribution is 2.26. The van der Waals surface area contributed by atoms with Crippen molar-refractivity contribution in [3.63, 3.8) is 0 Å². The van der Waals surface area contributed by atoms with Gasteiger partial charge in [-0.1, -0.05) is 25.4 Å². The third kappa shape index (κ3) is 5.12. The second kappa shape index (κ2) is 7.31. The summed E-state index contributed by atoms with van der Waals surface area (Å²) in [6.07, 6.45) is 1.80. The Morgan fingerprint density at radius 3 is 2.50 bits per heavy atom. The van der Waals surface area contributed by atoms with Crippen LogP contribution in [-0.4, -0.2) is 43.6 Å². The summed E-state index contributed by atoms with van der Waals surface area (Å²) in [4.78, 5) is 8.85. The van der Waals surface area contributed by atoms with Crippen molar-refractivity contribution in [2.75, 3.05) is 38.6 Å². The Balaban J connectivity index is 2.86. The minimum Gasteiger partial charge on any atom is -0.354 e. The van der Waals surface area contributed by atoms with Gasteiger partial charge in [0, 0.05) is 30.3 Å². The van der Waals surface area contributed by atoms with E-state index in [-0.39, 0.29) is 0 Å². The van der Waals surface area contributed by atoms with Gasteiger partial charge in [0.15, 0.2) is 0 Å². The summed E-state index contributed by atoms with van der Waals surface area (Å²) in [7, 11) is 4.15. The molecule has 0 bridgehead atoms. The van der Waals surface area contributed by atoms with Gasteiger partial charge in [0.05, 0.1) is 5.02 Å². The first-order chi connectivity index (χ1) is 8.40. The van der Waals surface area contributed by atoms with Gasteiger partial charge in [-0.3, -0.25) is 0 Å². The Hall–Kier alpha value is -0.320. The van der Waals surface area contributed by atoms with E-state index in [9.17, 15) is 0 Å². The van der Waals surface area contributed by atoms with Crippen molar-refractivity contribution in [3.05, 3.63) is 21.8 Å². The molecule has 0 aliphatic carbocycles. The van der Waals surface area contributed by atoms with E-state index in [1.54, 1.807) is 6.20 Å². The van der Waals surface area contributed by atoms with Crippen molar-refractivity contribution in [1.29, 1.82) is 0 Å². The molecule has 0 spiro atoms. The van der Waals surface area contributed by atoms with E-state index in [0.29, 0.717) is 10.9 Å². The highest BCUT2D eigenvalue weighted by molar-refractivity contribution is 9.10. The summed E-state index contributed by atoms with van der Waals surface area (Å²) in [5.74, 6) is 1.45. The zero-order valence-corrected chi connectivity index (χ0v) is 13.8. The third-order valence-electron chi connectivity index (χ3n) is 2.49. The molecule has 1 aromatic rings. The van der Waals surface area contributed by atoms with Gasteiger partial charge in [-0.2, -0.15) is 0 Å². The average Bonchev–Trinajstić information content (AvgIpc) is 2.24. The maximum absolute atomic E-state index is 6.28. The van der Waals surface area contributed by atoms with Crippen LogP contribution in [0.3, 0.4) is 0 Å². The summed E-state index contributed by atoms with van der Waals surface area (Å²) in [6.45, 7) is 7.29. The molecule has 0 saturated carbocycles. The standard InChI is InChI=1S/C13H21BrClN3/c1-10(2)9-18(6-5-17(3)4)13-12(15)7-11(14)8-16-13/h7-8,10H,5-6,9H2,1-4H3. The number of halogens is 2. The van der Waals surface area contributed by atoms with Crippen molar-refractivity contribution in [1.82, 2.24) is 9.88 Å². The third-order valence-corrected chi connectivity index (χ3v) is 3.20. The van der Waals surface area contributed by atoms with Gasteiger partial charge >= 0.3 is 0 Å². The van der Waals surface area contributed by atoms with Gasteiger partial charge < -0.3 is 9.80 Å². The van der Waals surface area contributed by atoms with Crippen LogP contribution in [0.5, 0.6) is 0 Å². The van der Waals surface area contributed by atoms with Gasteiger partial charge in [0.2, 0.25) is 0 Å². The number of pyridine rings is 1. The van der Waals surface area contributed by atoms with Gasteiger partial charge in [0.1, 0.15) is 5.82 Å². The van der Waals surface area contributed by atoms with E-state index < -0.39 is 0 Å². The van der Waals surface area contributed by atoms with Crippen LogP contribution in [-0.2, 0) is 0 Å². The second-order valence-corrected chi connectivity index (χ2v) is 6.42. The molecule has 3 nitrogen and oxygen atoms in total. The summed E-state index contributed by atoms with van der Waals surface area (Å²) >= 11 is 9.66. The first-order valence-electron chi connectivity index (χ1n) is 6.11. The topological polar surface area (TPSA) is 19.4 Å². The summed E-state index contributed by atoms with van der Waals surface area (Å²) in [5, 5.41) is 0.698. The van der Waals surface area contributed by atoms with Crippen molar-refractivity contribution < 1.29 is 0 Å². The number of likely N-dealkylation sites (N-methyl/N-ethyl adjacent to an activating group) is 1. The zero-order chi connectivity index (χ0) is 13.7. The average molecular weight is 335 g/mol. The Morgan fingerprint density at radius 1 is 1.33 bits per heavy atom. The minimum absolute atomic E-state index is 0.577. The van der Waals surface area contributed by atoms with Crippen LogP contribution in [0.25, 0.3) is 0 Å². The highest BCUT2D eigenvalue weighted by Gasteiger charge is 2.14. The van der Waals surface area contributed by atoms with Crippen LogP contribution in [0.1, 0.15) is 13.8 Å². The number of nitrogens with zero attached hydrogens (tertiary/aromatic N) is 3. The fraction of sp³-hybridized carbons (Fsp3) is 0.615. The highest BCUT2D eigenvalue weighted by atomic mass is 79.9. The SMILES string of the molecule is CC(C)CN(CCN(C)C)c1ncc(Br)cc1Cl. The largest absolute Gasteiger partial charge is 0.354 e. The lowest BCUT2D eigenvalue weighted by Crippen LogP contribution is -2.35. The lowest BCUT2D eigenvalue weighted by atomic mass is 10.2. The molecule has 0 fully saturated rings. The first-order valence-corrected chi connectivity index (χ1v) is 7.28. The maximum Gasteiger partial charge on any atom is 0.147 e. The number of hydrogen-bond acceptors (Lipinski definition) is 3. The molecule has 1 heterocycles. The molecule has 0 N–H and O–H groups in total. The van der Waals surface area contributed by atoms with E-state index in [1.165, 1.54) is 0 Å². The van der Waals surface area contributed by atoms with E-state index in [2.05, 4.69) is 58.7 Å². The predicted octanol–water partition coefficient (Wildman–Crippen LogP) is 3.52. The van der Waals surface area contributed by atoms with Gasteiger partial charge in [-0.05, 0) is 42.0 Å². The number of hydrogen-bond donors (Lipinski definition) is 0. The molecule has 0 aromatic carbocycles. The fourth-order valence-electron chi connectivity index (χ4n) is 1.69. The summed E-state index contributed by atoms with van der Waals surface area (Å²) < 4.78 is 0.911. The van der Waals surface area contributed by atoms with Gasteiger partial charge in [0.25, 0.3) is 0 Å². The second-order valence-electron chi connectivity index (χ2n) is 5.10. The Labute approximate surface area is 123 Å². The van der Waals surface area contributed by atoms with E-state index in [4.69, 9.17) is 11.6 Å². The van der Waals surface area contributed by atoms with E-state index in [1.807, 2.05) is 6.07 Å². The van der Waals surface area contributed by atoms with Crippen molar-refractivity contribution in [3.8, 4) is 0 Å². The minimum atomic E-state index is 0.577. The molecule has 0 unspecified atom stereocenters. The van der Waals surface area contributed by atoms with Crippen molar-refractivity contribution >= 4 is 33.3 Å². The number of rotatable bonds is 6. The molecule has 18 heavy (non-hydrogen) atoms. The maximum atomic E-state index is 6.28. The van der Waals surface area contributed by atoms with Gasteiger partial charge in [-0.15, -0.1) is 0 Å². The summed E-state index contributed by atoms with van der Waals surface area (Å²) in [5.41, 5.74) is 0. The van der Waals surface area contributed by atoms with Crippen molar-refractivity contribution in [2.45, 2.75) is 13.8 Å². The molecule has 5 heteroatoms. The predicted molar refractivity (Wildman–Crippen MR) is 82.6 cm³/mol. The molecule has 1 rings (SSSR count). The Kier molecular flexibility index (Phi) is 6.39. The van der Waals surface area contributed by atoms with Crippen LogP contribution >= 0.6 is 27.5 Å². The molecule has 102 valence electrons. The zero-order valence-electron chi connectivity index (χ0n) is 11.5. The molecule has 1 aromatic heterocycles. The van der Waals surface area contributed by atoms with Crippen molar-refractivity contribution in [2.24, 2.45) is 5.92 Å². The molecule has 0 aliphatic rings. The number of aromatic nitrogens is 1. The molecule has 0 saturated heterocycles. The molecular formula is C13H21BrClN3. The lowest BCUT2D eigenvalue weighted by molar-refractivity contribution is 0.408. The molecule has 0 atom stereocenters. The molecule has 0 radical (unpaired) electrons. The Morgan fingerprint density at radius 2 is 2.00 bits per heavy atom. The fourth-order valence-corrected chi connectivity index (χ4v) is 2.43. The van der Waals surface area contributed by atoms with E-state index >= 15 is 0 Å². The van der Waals surface area contributed by atoms with Crippen LogP contribution in [0.4, 0.5) is 5.82 Å². The van der Waals surface area contributed by atoms with E-state index in [0.717, 1.165) is 29.9 Å². The quantitative estimate of drug-likeness (QED) is 0.793. The smallest absolute Gasteiger partial charge is 0.147 e. The lowest BCUT2D eigenvalue weighted by Gasteiger charge is -2.27. The Bertz CT molecular complexity index is 382. The monoisotopic (exact) mass is 333 g/mol. The number of anilines is 1. The molecular weight excluding hydrogens is 314 g/mol. The molecule has 0 amide bonds. The van der Waals surface area contributed by atoms with Gasteiger partial charge in [-0.25, -0.2) is 4.98 Å². The molecule has 0 aliphatic heterocycles. The van der Waals surface area contributed by atoms with Crippen LogP contribution < -0.4 is 4.90 Å².